The zero-order chi connectivity index (χ0) is 19.8. The van der Waals surface area contributed by atoms with Crippen LogP contribution >= 0.6 is 11.3 Å². The molecule has 1 spiro atoms. The lowest BCUT2D eigenvalue weighted by molar-refractivity contribution is -0.141. The number of hydrogen-bond acceptors (Lipinski definition) is 4. The van der Waals surface area contributed by atoms with Crippen molar-refractivity contribution in [2.75, 3.05) is 39.3 Å². The van der Waals surface area contributed by atoms with Gasteiger partial charge in [-0.1, -0.05) is 36.4 Å². The standard InChI is InChI=1S/C23H27N3O2S/c27-21(25-10-4-5-11-25)19-14-24(13-18-7-2-1-3-8-18)15-23(19)16-26(17-23)22(28)20-9-6-12-29-20/h1-3,6-9,12,19H,4-5,10-11,13-17H2. The fraction of sp³-hybridized carbons (Fsp3) is 0.478. The number of rotatable bonds is 4. The summed E-state index contributed by atoms with van der Waals surface area (Å²) in [6.07, 6.45) is 2.23. The maximum Gasteiger partial charge on any atom is 0.263 e. The quantitative estimate of drug-likeness (QED) is 0.780. The Morgan fingerprint density at radius 3 is 2.41 bits per heavy atom. The number of carbonyl (C=O) groups is 2. The number of amides is 2. The lowest BCUT2D eigenvalue weighted by atomic mass is 9.71. The molecular weight excluding hydrogens is 382 g/mol. The molecule has 1 aromatic carbocycles. The van der Waals surface area contributed by atoms with Crippen LogP contribution in [0.2, 0.25) is 0 Å². The van der Waals surface area contributed by atoms with Gasteiger partial charge in [0, 0.05) is 51.2 Å². The second-order valence-electron chi connectivity index (χ2n) is 8.74. The summed E-state index contributed by atoms with van der Waals surface area (Å²) >= 11 is 1.49. The predicted molar refractivity (Wildman–Crippen MR) is 114 cm³/mol. The van der Waals surface area contributed by atoms with E-state index in [4.69, 9.17) is 0 Å². The van der Waals surface area contributed by atoms with E-state index in [1.807, 2.05) is 28.5 Å². The van der Waals surface area contributed by atoms with Crippen LogP contribution in [-0.4, -0.2) is 65.8 Å². The Bertz CT molecular complexity index is 871. The lowest BCUT2D eigenvalue weighted by Crippen LogP contribution is -2.64. The van der Waals surface area contributed by atoms with Gasteiger partial charge >= 0.3 is 0 Å². The summed E-state index contributed by atoms with van der Waals surface area (Å²) in [5.74, 6) is 0.414. The van der Waals surface area contributed by atoms with Crippen molar-refractivity contribution in [2.24, 2.45) is 11.3 Å². The van der Waals surface area contributed by atoms with Crippen molar-refractivity contribution >= 4 is 23.2 Å². The first kappa shape index (κ1) is 18.8. The van der Waals surface area contributed by atoms with Gasteiger partial charge in [-0.25, -0.2) is 0 Å². The first-order valence-corrected chi connectivity index (χ1v) is 11.4. The minimum Gasteiger partial charge on any atom is -0.342 e. The predicted octanol–water partition coefficient (Wildman–Crippen LogP) is 2.94. The van der Waals surface area contributed by atoms with Crippen LogP contribution in [0.3, 0.4) is 0 Å². The largest absolute Gasteiger partial charge is 0.342 e. The van der Waals surface area contributed by atoms with Crippen LogP contribution in [0.5, 0.6) is 0 Å². The van der Waals surface area contributed by atoms with E-state index in [2.05, 4.69) is 34.1 Å². The molecule has 2 amide bonds. The minimum atomic E-state index is -0.0959. The summed E-state index contributed by atoms with van der Waals surface area (Å²) in [6, 6.07) is 14.3. The van der Waals surface area contributed by atoms with E-state index in [0.29, 0.717) is 19.0 Å². The third-order valence-electron chi connectivity index (χ3n) is 6.71. The van der Waals surface area contributed by atoms with E-state index in [-0.39, 0.29) is 17.2 Å². The van der Waals surface area contributed by atoms with Crippen molar-refractivity contribution in [3.05, 3.63) is 58.3 Å². The van der Waals surface area contributed by atoms with Gasteiger partial charge < -0.3 is 9.80 Å². The summed E-state index contributed by atoms with van der Waals surface area (Å²) in [4.78, 5) is 33.3. The Balaban J connectivity index is 1.33. The molecule has 3 aliphatic heterocycles. The molecule has 5 rings (SSSR count). The van der Waals surface area contributed by atoms with E-state index < -0.39 is 0 Å². The fourth-order valence-corrected chi connectivity index (χ4v) is 5.96. The van der Waals surface area contributed by atoms with E-state index in [1.54, 1.807) is 0 Å². The fourth-order valence-electron chi connectivity index (χ4n) is 5.27. The van der Waals surface area contributed by atoms with Crippen molar-refractivity contribution in [1.82, 2.24) is 14.7 Å². The molecular formula is C23H27N3O2S. The van der Waals surface area contributed by atoms with Gasteiger partial charge in [0.1, 0.15) is 0 Å². The molecule has 0 bridgehead atoms. The highest BCUT2D eigenvalue weighted by Gasteiger charge is 2.58. The van der Waals surface area contributed by atoms with Crippen LogP contribution in [0.25, 0.3) is 0 Å². The highest BCUT2D eigenvalue weighted by atomic mass is 32.1. The number of nitrogens with zero attached hydrogens (tertiary/aromatic N) is 3. The highest BCUT2D eigenvalue weighted by Crippen LogP contribution is 2.46. The van der Waals surface area contributed by atoms with Crippen molar-refractivity contribution in [3.63, 3.8) is 0 Å². The first-order chi connectivity index (χ1) is 14.1. The van der Waals surface area contributed by atoms with Crippen LogP contribution in [0, 0.1) is 11.3 Å². The molecule has 2 aromatic rings. The minimum absolute atomic E-state index is 0.00306. The molecule has 3 saturated heterocycles. The van der Waals surface area contributed by atoms with Crippen molar-refractivity contribution < 1.29 is 9.59 Å². The van der Waals surface area contributed by atoms with Gasteiger partial charge in [-0.3, -0.25) is 14.5 Å². The molecule has 0 radical (unpaired) electrons. The maximum absolute atomic E-state index is 13.4. The third-order valence-corrected chi connectivity index (χ3v) is 7.57. The summed E-state index contributed by atoms with van der Waals surface area (Å²) < 4.78 is 0. The Morgan fingerprint density at radius 2 is 1.72 bits per heavy atom. The molecule has 1 atom stereocenters. The Hall–Kier alpha value is -2.18. The van der Waals surface area contributed by atoms with E-state index >= 15 is 0 Å². The average molecular weight is 410 g/mol. The van der Waals surface area contributed by atoms with Gasteiger partial charge in [0.05, 0.1) is 10.8 Å². The summed E-state index contributed by atoms with van der Waals surface area (Å²) in [7, 11) is 0. The van der Waals surface area contributed by atoms with E-state index in [9.17, 15) is 9.59 Å². The van der Waals surface area contributed by atoms with Crippen LogP contribution < -0.4 is 0 Å². The molecule has 3 fully saturated rings. The average Bonchev–Trinajstić information content (AvgIpc) is 3.46. The van der Waals surface area contributed by atoms with Crippen molar-refractivity contribution in [1.29, 1.82) is 0 Å². The second-order valence-corrected chi connectivity index (χ2v) is 9.69. The van der Waals surface area contributed by atoms with E-state index in [1.165, 1.54) is 16.9 Å². The lowest BCUT2D eigenvalue weighted by Gasteiger charge is -2.51. The summed E-state index contributed by atoms with van der Waals surface area (Å²) in [5, 5.41) is 1.94. The molecule has 29 heavy (non-hydrogen) atoms. The number of benzene rings is 1. The topological polar surface area (TPSA) is 43.9 Å². The molecule has 0 aliphatic carbocycles. The van der Waals surface area contributed by atoms with Crippen molar-refractivity contribution in [3.8, 4) is 0 Å². The number of carbonyl (C=O) groups excluding carboxylic acids is 2. The molecule has 3 aliphatic rings. The van der Waals surface area contributed by atoms with Gasteiger partial charge in [-0.2, -0.15) is 0 Å². The molecule has 0 N–H and O–H groups in total. The van der Waals surface area contributed by atoms with E-state index in [0.717, 1.165) is 50.4 Å². The molecule has 0 saturated carbocycles. The van der Waals surface area contributed by atoms with Gasteiger partial charge in [0.2, 0.25) is 5.91 Å². The van der Waals surface area contributed by atoms with Crippen LogP contribution in [0.4, 0.5) is 0 Å². The summed E-state index contributed by atoms with van der Waals surface area (Å²) in [6.45, 7) is 5.72. The third kappa shape index (κ3) is 3.49. The molecule has 1 unspecified atom stereocenters. The summed E-state index contributed by atoms with van der Waals surface area (Å²) in [5.41, 5.74) is 1.18. The molecule has 5 nitrogen and oxygen atoms in total. The normalized spacial score (nSPS) is 23.5. The number of hydrogen-bond donors (Lipinski definition) is 0. The number of likely N-dealkylation sites (tertiary alicyclic amines) is 3. The molecule has 152 valence electrons. The zero-order valence-electron chi connectivity index (χ0n) is 16.6. The van der Waals surface area contributed by atoms with Gasteiger partial charge in [-0.15, -0.1) is 11.3 Å². The molecule has 4 heterocycles. The zero-order valence-corrected chi connectivity index (χ0v) is 17.4. The highest BCUT2D eigenvalue weighted by molar-refractivity contribution is 7.12. The Labute approximate surface area is 175 Å². The van der Waals surface area contributed by atoms with Crippen LogP contribution in [0.1, 0.15) is 28.1 Å². The maximum atomic E-state index is 13.4. The van der Waals surface area contributed by atoms with Gasteiger partial charge in [0.15, 0.2) is 0 Å². The SMILES string of the molecule is O=C(c1cccs1)N1CC2(CN(Cc3ccccc3)CC2C(=O)N2CCCC2)C1. The first-order valence-electron chi connectivity index (χ1n) is 10.5. The molecule has 1 aromatic heterocycles. The smallest absolute Gasteiger partial charge is 0.263 e. The van der Waals surface area contributed by atoms with Gasteiger partial charge in [-0.05, 0) is 29.9 Å². The van der Waals surface area contributed by atoms with Crippen molar-refractivity contribution in [2.45, 2.75) is 19.4 Å². The van der Waals surface area contributed by atoms with Crippen LogP contribution in [0.15, 0.2) is 47.8 Å². The van der Waals surface area contributed by atoms with Crippen LogP contribution in [-0.2, 0) is 11.3 Å². The Morgan fingerprint density at radius 1 is 0.966 bits per heavy atom. The van der Waals surface area contributed by atoms with Gasteiger partial charge in [0.25, 0.3) is 5.91 Å². The Kier molecular flexibility index (Phi) is 4.92. The molecule has 6 heteroatoms. The second kappa shape index (κ2) is 7.58. The monoisotopic (exact) mass is 409 g/mol. The number of thiophene rings is 1.